The second kappa shape index (κ2) is 11.6. The Bertz CT molecular complexity index is 1360. The molecule has 0 spiro atoms. The van der Waals surface area contributed by atoms with E-state index in [9.17, 15) is 9.59 Å². The number of carbonyl (C=O) groups excluding carboxylic acids is 2. The van der Waals surface area contributed by atoms with Crippen molar-refractivity contribution in [3.63, 3.8) is 0 Å². The molecule has 0 unspecified atom stereocenters. The fourth-order valence-electron chi connectivity index (χ4n) is 4.71. The average molecular weight is 555 g/mol. The van der Waals surface area contributed by atoms with Crippen LogP contribution in [0.25, 0.3) is 5.69 Å². The van der Waals surface area contributed by atoms with E-state index in [4.69, 9.17) is 25.8 Å². The van der Waals surface area contributed by atoms with E-state index in [0.29, 0.717) is 53.7 Å². The lowest BCUT2D eigenvalue weighted by Crippen LogP contribution is -2.41. The largest absolute Gasteiger partial charge is 0.497 e. The Morgan fingerprint density at radius 1 is 1.08 bits per heavy atom. The minimum absolute atomic E-state index is 0.0301. The Morgan fingerprint density at radius 2 is 1.79 bits per heavy atom. The van der Waals surface area contributed by atoms with Gasteiger partial charge in [-0.15, -0.1) is 0 Å². The molecule has 9 nitrogen and oxygen atoms in total. The summed E-state index contributed by atoms with van der Waals surface area (Å²) in [6.45, 7) is 8.49. The van der Waals surface area contributed by atoms with Gasteiger partial charge in [0.15, 0.2) is 0 Å². The summed E-state index contributed by atoms with van der Waals surface area (Å²) in [5, 5.41) is 8.22. The first-order valence-corrected chi connectivity index (χ1v) is 13.2. The Balaban J connectivity index is 1.68. The Morgan fingerprint density at radius 3 is 2.44 bits per heavy atom. The third-order valence-electron chi connectivity index (χ3n) is 6.71. The van der Waals surface area contributed by atoms with Gasteiger partial charge in [0.2, 0.25) is 0 Å². The van der Waals surface area contributed by atoms with Crippen LogP contribution in [0.5, 0.6) is 11.5 Å². The summed E-state index contributed by atoms with van der Waals surface area (Å²) in [4.78, 5) is 28.1. The van der Waals surface area contributed by atoms with E-state index in [0.717, 1.165) is 16.9 Å². The van der Waals surface area contributed by atoms with Gasteiger partial charge in [-0.2, -0.15) is 5.10 Å². The molecule has 1 saturated heterocycles. The molecule has 0 aliphatic carbocycles. The Labute approximate surface area is 234 Å². The number of piperidine rings is 1. The van der Waals surface area contributed by atoms with Crippen LogP contribution in [0, 0.1) is 6.92 Å². The number of ether oxygens (including phenoxy) is 3. The molecule has 1 fully saturated rings. The van der Waals surface area contributed by atoms with Crippen LogP contribution < -0.4 is 14.8 Å². The van der Waals surface area contributed by atoms with Crippen molar-refractivity contribution >= 4 is 29.3 Å². The number of halogens is 1. The molecule has 1 aromatic heterocycles. The summed E-state index contributed by atoms with van der Waals surface area (Å²) in [6.07, 6.45) is 2.54. The highest BCUT2D eigenvalue weighted by atomic mass is 35.5. The average Bonchev–Trinajstić information content (AvgIpc) is 3.34. The van der Waals surface area contributed by atoms with Gasteiger partial charge in [-0.05, 0) is 70.4 Å². The molecule has 10 heteroatoms. The molecule has 1 aliphatic rings. The SMILES string of the molecule is COc1ccc(OC)c(NC(=O)c2cnn(-c3cccc(Cl)c3C)c2C2CCN(C(=O)OC(C)(C)C)CC2)c1. The van der Waals surface area contributed by atoms with Crippen molar-refractivity contribution in [3.05, 3.63) is 64.4 Å². The van der Waals surface area contributed by atoms with Crippen LogP contribution in [0.3, 0.4) is 0 Å². The standard InChI is InChI=1S/C29H35ClN4O5/c1-18-22(30)8-7-9-24(18)34-26(19-12-14-33(15-13-19)28(36)39-29(2,3)4)21(17-31-34)27(35)32-23-16-20(37-5)10-11-25(23)38-6/h7-11,16-17,19H,12-15H2,1-6H3,(H,32,35). The highest BCUT2D eigenvalue weighted by Gasteiger charge is 2.32. The predicted octanol–water partition coefficient (Wildman–Crippen LogP) is 6.22. The number of likely N-dealkylation sites (tertiary alicyclic amines) is 1. The number of benzene rings is 2. The number of hydrogen-bond acceptors (Lipinski definition) is 6. The fourth-order valence-corrected chi connectivity index (χ4v) is 4.88. The van der Waals surface area contributed by atoms with E-state index in [1.54, 1.807) is 48.2 Å². The normalized spacial score (nSPS) is 14.2. The van der Waals surface area contributed by atoms with E-state index >= 15 is 0 Å². The molecule has 0 saturated carbocycles. The zero-order valence-corrected chi connectivity index (χ0v) is 24.0. The predicted molar refractivity (Wildman–Crippen MR) is 151 cm³/mol. The number of nitrogens with zero attached hydrogens (tertiary/aromatic N) is 3. The lowest BCUT2D eigenvalue weighted by molar-refractivity contribution is 0.0203. The second-order valence-corrected chi connectivity index (χ2v) is 10.9. The molecular weight excluding hydrogens is 520 g/mol. The molecule has 0 atom stereocenters. The molecule has 2 amide bonds. The lowest BCUT2D eigenvalue weighted by atomic mass is 9.90. The number of rotatable bonds is 6. The van der Waals surface area contributed by atoms with E-state index < -0.39 is 5.60 Å². The van der Waals surface area contributed by atoms with E-state index in [2.05, 4.69) is 10.4 Å². The van der Waals surface area contributed by atoms with E-state index in [1.807, 2.05) is 45.9 Å². The summed E-state index contributed by atoms with van der Waals surface area (Å²) in [5.74, 6) is 0.745. The molecule has 0 bridgehead atoms. The molecular formula is C29H35ClN4O5. The van der Waals surface area contributed by atoms with Crippen molar-refractivity contribution in [2.24, 2.45) is 0 Å². The van der Waals surface area contributed by atoms with Gasteiger partial charge in [-0.3, -0.25) is 4.79 Å². The monoisotopic (exact) mass is 554 g/mol. The molecule has 1 N–H and O–H groups in total. The minimum atomic E-state index is -0.566. The number of aromatic nitrogens is 2. The lowest BCUT2D eigenvalue weighted by Gasteiger charge is -2.34. The maximum absolute atomic E-state index is 13.7. The van der Waals surface area contributed by atoms with Gasteiger partial charge in [-0.1, -0.05) is 17.7 Å². The first-order chi connectivity index (χ1) is 18.5. The molecule has 1 aliphatic heterocycles. The maximum Gasteiger partial charge on any atom is 0.410 e. The number of nitrogens with one attached hydrogen (secondary N) is 1. The van der Waals surface area contributed by atoms with Crippen molar-refractivity contribution in [1.82, 2.24) is 14.7 Å². The molecule has 208 valence electrons. The summed E-state index contributed by atoms with van der Waals surface area (Å²) < 4.78 is 18.1. The summed E-state index contributed by atoms with van der Waals surface area (Å²) >= 11 is 6.44. The number of methoxy groups -OCH3 is 2. The van der Waals surface area contributed by atoms with Gasteiger partial charge >= 0.3 is 6.09 Å². The molecule has 4 rings (SSSR count). The highest BCUT2D eigenvalue weighted by Crippen LogP contribution is 2.35. The molecule has 39 heavy (non-hydrogen) atoms. The van der Waals surface area contributed by atoms with Crippen molar-refractivity contribution in [2.75, 3.05) is 32.6 Å². The van der Waals surface area contributed by atoms with Gasteiger partial charge in [-0.25, -0.2) is 9.48 Å². The second-order valence-electron chi connectivity index (χ2n) is 10.5. The Kier molecular flexibility index (Phi) is 8.39. The van der Waals surface area contributed by atoms with E-state index in [-0.39, 0.29) is 17.9 Å². The summed E-state index contributed by atoms with van der Waals surface area (Å²) in [5.41, 5.74) is 2.78. The Hall–Kier alpha value is -3.72. The van der Waals surface area contributed by atoms with Gasteiger partial charge in [0.25, 0.3) is 5.91 Å². The third kappa shape index (κ3) is 6.30. The summed E-state index contributed by atoms with van der Waals surface area (Å²) in [7, 11) is 3.10. The number of hydrogen-bond donors (Lipinski definition) is 1. The minimum Gasteiger partial charge on any atom is -0.497 e. The van der Waals surface area contributed by atoms with Crippen LogP contribution in [0.4, 0.5) is 10.5 Å². The van der Waals surface area contributed by atoms with Gasteiger partial charge in [0.05, 0.1) is 43.0 Å². The molecule has 0 radical (unpaired) electrons. The van der Waals surface area contributed by atoms with Crippen LogP contribution >= 0.6 is 11.6 Å². The quantitative estimate of drug-likeness (QED) is 0.389. The fraction of sp³-hybridized carbons (Fsp3) is 0.414. The first kappa shape index (κ1) is 28.3. The van der Waals surface area contributed by atoms with Crippen molar-refractivity contribution in [3.8, 4) is 17.2 Å². The smallest absolute Gasteiger partial charge is 0.410 e. The van der Waals surface area contributed by atoms with Crippen molar-refractivity contribution in [1.29, 1.82) is 0 Å². The van der Waals surface area contributed by atoms with Crippen LogP contribution in [0.15, 0.2) is 42.6 Å². The zero-order chi connectivity index (χ0) is 28.3. The van der Waals surface area contributed by atoms with Crippen molar-refractivity contribution in [2.45, 2.75) is 52.1 Å². The summed E-state index contributed by atoms with van der Waals surface area (Å²) in [6, 6.07) is 10.8. The van der Waals surface area contributed by atoms with Crippen LogP contribution in [0.1, 0.15) is 61.1 Å². The van der Waals surface area contributed by atoms with Crippen LogP contribution in [0.2, 0.25) is 5.02 Å². The van der Waals surface area contributed by atoms with E-state index in [1.165, 1.54) is 0 Å². The van der Waals surface area contributed by atoms with Gasteiger partial charge < -0.3 is 24.4 Å². The maximum atomic E-state index is 13.7. The van der Waals surface area contributed by atoms with Crippen molar-refractivity contribution < 1.29 is 23.8 Å². The van der Waals surface area contributed by atoms with Crippen LogP contribution in [-0.4, -0.2) is 59.6 Å². The number of amides is 2. The highest BCUT2D eigenvalue weighted by molar-refractivity contribution is 6.31. The molecule has 2 aromatic carbocycles. The first-order valence-electron chi connectivity index (χ1n) is 12.9. The van der Waals surface area contributed by atoms with Crippen LogP contribution in [-0.2, 0) is 4.74 Å². The topological polar surface area (TPSA) is 94.9 Å². The molecule has 3 aromatic rings. The molecule has 2 heterocycles. The number of anilines is 1. The van der Waals surface area contributed by atoms with Gasteiger partial charge in [0, 0.05) is 30.1 Å². The van der Waals surface area contributed by atoms with Gasteiger partial charge in [0.1, 0.15) is 17.1 Å². The zero-order valence-electron chi connectivity index (χ0n) is 23.2. The number of carbonyl (C=O) groups is 2. The third-order valence-corrected chi connectivity index (χ3v) is 7.12.